The molecule has 0 heterocycles. The summed E-state index contributed by atoms with van der Waals surface area (Å²) < 4.78 is 31.2. The second-order valence-corrected chi connectivity index (χ2v) is 9.16. The van der Waals surface area contributed by atoms with Gasteiger partial charge in [-0.05, 0) is 62.1 Å². The van der Waals surface area contributed by atoms with Crippen molar-refractivity contribution < 1.29 is 17.9 Å². The summed E-state index contributed by atoms with van der Waals surface area (Å²) in [6, 6.07) is 15.0. The van der Waals surface area contributed by atoms with Gasteiger partial charge in [-0.1, -0.05) is 31.2 Å². The zero-order valence-electron chi connectivity index (χ0n) is 18.2. The molecule has 2 rings (SSSR count). The summed E-state index contributed by atoms with van der Waals surface area (Å²) in [7, 11) is -3.45. The van der Waals surface area contributed by atoms with Gasteiger partial charge in [-0.2, -0.15) is 0 Å². The SMILES string of the molecule is CCOc1ccc(N(CCCC(=O)N[C@H](C)c2ccc(CC)cc2)S(C)(=O)=O)cc1. The molecule has 0 unspecified atom stereocenters. The first kappa shape index (κ1) is 23.7. The second-order valence-electron chi connectivity index (χ2n) is 7.25. The molecule has 6 nitrogen and oxygen atoms in total. The lowest BCUT2D eigenvalue weighted by molar-refractivity contribution is -0.121. The van der Waals surface area contributed by atoms with Gasteiger partial charge in [0.2, 0.25) is 15.9 Å². The summed E-state index contributed by atoms with van der Waals surface area (Å²) in [6.45, 7) is 6.73. The average Bonchev–Trinajstić information content (AvgIpc) is 2.71. The van der Waals surface area contributed by atoms with Gasteiger partial charge in [0, 0.05) is 13.0 Å². The third-order valence-electron chi connectivity index (χ3n) is 4.87. The maximum atomic E-state index is 12.3. The number of sulfonamides is 1. The van der Waals surface area contributed by atoms with Crippen molar-refractivity contribution >= 4 is 21.6 Å². The van der Waals surface area contributed by atoms with Gasteiger partial charge in [-0.3, -0.25) is 9.10 Å². The van der Waals surface area contributed by atoms with E-state index in [9.17, 15) is 13.2 Å². The van der Waals surface area contributed by atoms with Crippen LogP contribution in [0, 0.1) is 0 Å². The predicted molar refractivity (Wildman–Crippen MR) is 121 cm³/mol. The molecule has 2 aromatic carbocycles. The Labute approximate surface area is 180 Å². The van der Waals surface area contributed by atoms with Crippen molar-refractivity contribution in [3.63, 3.8) is 0 Å². The van der Waals surface area contributed by atoms with Crippen LogP contribution in [-0.4, -0.2) is 33.7 Å². The molecule has 0 radical (unpaired) electrons. The Hall–Kier alpha value is -2.54. The Morgan fingerprint density at radius 2 is 1.70 bits per heavy atom. The third kappa shape index (κ3) is 7.06. The van der Waals surface area contributed by atoms with E-state index in [1.165, 1.54) is 16.1 Å². The first-order chi connectivity index (χ1) is 14.2. The summed E-state index contributed by atoms with van der Waals surface area (Å²) in [6.07, 6.45) is 2.83. The molecule has 7 heteroatoms. The van der Waals surface area contributed by atoms with Crippen molar-refractivity contribution in [2.75, 3.05) is 23.7 Å². The van der Waals surface area contributed by atoms with Gasteiger partial charge < -0.3 is 10.1 Å². The highest BCUT2D eigenvalue weighted by atomic mass is 32.2. The molecule has 0 bridgehead atoms. The Morgan fingerprint density at radius 3 is 2.23 bits per heavy atom. The number of ether oxygens (including phenoxy) is 1. The fourth-order valence-corrected chi connectivity index (χ4v) is 4.15. The van der Waals surface area contributed by atoms with Crippen molar-refractivity contribution in [1.82, 2.24) is 5.32 Å². The lowest BCUT2D eigenvalue weighted by atomic mass is 10.0. The highest BCUT2D eigenvalue weighted by Gasteiger charge is 2.18. The number of nitrogens with zero attached hydrogens (tertiary/aromatic N) is 1. The van der Waals surface area contributed by atoms with Crippen LogP contribution in [-0.2, 0) is 21.2 Å². The molecule has 0 saturated carbocycles. The van der Waals surface area contributed by atoms with E-state index in [2.05, 4.69) is 24.4 Å². The van der Waals surface area contributed by atoms with Gasteiger partial charge >= 0.3 is 0 Å². The normalized spacial score (nSPS) is 12.3. The monoisotopic (exact) mass is 432 g/mol. The molecule has 0 aliphatic rings. The Kier molecular flexibility index (Phi) is 8.72. The number of hydrogen-bond donors (Lipinski definition) is 1. The minimum absolute atomic E-state index is 0.0952. The zero-order valence-corrected chi connectivity index (χ0v) is 19.0. The lowest BCUT2D eigenvalue weighted by Gasteiger charge is -2.23. The maximum absolute atomic E-state index is 12.3. The Balaban J connectivity index is 1.91. The summed E-state index contributed by atoms with van der Waals surface area (Å²) in [5.74, 6) is 0.595. The highest BCUT2D eigenvalue weighted by molar-refractivity contribution is 7.92. The first-order valence-corrected chi connectivity index (χ1v) is 12.2. The Bertz CT molecular complexity index is 909. The molecule has 0 fully saturated rings. The van der Waals surface area contributed by atoms with Crippen LogP contribution in [0.25, 0.3) is 0 Å². The van der Waals surface area contributed by atoms with Crippen molar-refractivity contribution in [2.45, 2.75) is 46.1 Å². The van der Waals surface area contributed by atoms with Crippen molar-refractivity contribution in [2.24, 2.45) is 0 Å². The number of carbonyl (C=O) groups excluding carboxylic acids is 1. The van der Waals surface area contributed by atoms with Gasteiger partial charge in [-0.25, -0.2) is 8.42 Å². The standard InChI is InChI=1S/C23H32N2O4S/c1-5-19-9-11-20(12-10-19)18(3)24-23(26)8-7-17-25(30(4,27)28)21-13-15-22(16-14-21)29-6-2/h9-16,18H,5-8,17H2,1-4H3,(H,24,26)/t18-/m1/s1. The molecule has 1 amide bonds. The molecular formula is C23H32N2O4S. The molecule has 2 aromatic rings. The number of anilines is 1. The summed E-state index contributed by atoms with van der Waals surface area (Å²) in [4.78, 5) is 12.3. The number of aryl methyl sites for hydroxylation is 1. The minimum atomic E-state index is -3.45. The number of nitrogens with one attached hydrogen (secondary N) is 1. The second kappa shape index (κ2) is 11.0. The third-order valence-corrected chi connectivity index (χ3v) is 6.06. The fourth-order valence-electron chi connectivity index (χ4n) is 3.18. The van der Waals surface area contributed by atoms with E-state index in [1.54, 1.807) is 24.3 Å². The summed E-state index contributed by atoms with van der Waals surface area (Å²) >= 11 is 0. The van der Waals surface area contributed by atoms with Crippen LogP contribution < -0.4 is 14.4 Å². The van der Waals surface area contributed by atoms with E-state index in [0.29, 0.717) is 24.5 Å². The molecule has 0 saturated heterocycles. The van der Waals surface area contributed by atoms with Crippen molar-refractivity contribution in [3.8, 4) is 5.75 Å². The maximum Gasteiger partial charge on any atom is 0.232 e. The summed E-state index contributed by atoms with van der Waals surface area (Å²) in [5, 5.41) is 2.98. The topological polar surface area (TPSA) is 75.7 Å². The predicted octanol–water partition coefficient (Wildman–Crippen LogP) is 4.07. The van der Waals surface area contributed by atoms with Gasteiger partial charge in [0.15, 0.2) is 0 Å². The van der Waals surface area contributed by atoms with E-state index in [0.717, 1.165) is 12.0 Å². The van der Waals surface area contributed by atoms with Crippen molar-refractivity contribution in [1.29, 1.82) is 0 Å². The van der Waals surface area contributed by atoms with Crippen LogP contribution in [0.1, 0.15) is 50.8 Å². The quantitative estimate of drug-likeness (QED) is 0.581. The van der Waals surface area contributed by atoms with Gasteiger partial charge in [-0.15, -0.1) is 0 Å². The highest BCUT2D eigenvalue weighted by Crippen LogP contribution is 2.22. The fraction of sp³-hybridized carbons (Fsp3) is 0.435. The van der Waals surface area contributed by atoms with Crippen LogP contribution in [0.4, 0.5) is 5.69 Å². The van der Waals surface area contributed by atoms with E-state index in [1.807, 2.05) is 26.0 Å². The number of carbonyl (C=O) groups is 1. The van der Waals surface area contributed by atoms with E-state index < -0.39 is 10.0 Å². The molecule has 0 aliphatic heterocycles. The molecule has 30 heavy (non-hydrogen) atoms. The van der Waals surface area contributed by atoms with Crippen LogP contribution in [0.5, 0.6) is 5.75 Å². The number of hydrogen-bond acceptors (Lipinski definition) is 4. The molecule has 1 N–H and O–H groups in total. The van der Waals surface area contributed by atoms with Crippen LogP contribution in [0.3, 0.4) is 0 Å². The molecule has 0 aromatic heterocycles. The molecule has 0 spiro atoms. The lowest BCUT2D eigenvalue weighted by Crippen LogP contribution is -2.32. The number of amides is 1. The first-order valence-electron chi connectivity index (χ1n) is 10.3. The van der Waals surface area contributed by atoms with Crippen molar-refractivity contribution in [3.05, 3.63) is 59.7 Å². The summed E-state index contributed by atoms with van der Waals surface area (Å²) in [5.41, 5.74) is 2.87. The van der Waals surface area contributed by atoms with E-state index in [4.69, 9.17) is 4.74 Å². The number of benzene rings is 2. The molecule has 1 atom stereocenters. The van der Waals surface area contributed by atoms with Crippen LogP contribution >= 0.6 is 0 Å². The molecule has 0 aliphatic carbocycles. The smallest absolute Gasteiger partial charge is 0.232 e. The number of rotatable bonds is 11. The zero-order chi connectivity index (χ0) is 22.1. The van der Waals surface area contributed by atoms with Crippen LogP contribution in [0.2, 0.25) is 0 Å². The minimum Gasteiger partial charge on any atom is -0.494 e. The van der Waals surface area contributed by atoms with E-state index >= 15 is 0 Å². The molecular weight excluding hydrogens is 400 g/mol. The van der Waals surface area contributed by atoms with Gasteiger partial charge in [0.05, 0.1) is 24.6 Å². The van der Waals surface area contributed by atoms with Crippen LogP contribution in [0.15, 0.2) is 48.5 Å². The Morgan fingerprint density at radius 1 is 1.07 bits per heavy atom. The van der Waals surface area contributed by atoms with E-state index in [-0.39, 0.29) is 24.9 Å². The molecule has 164 valence electrons. The van der Waals surface area contributed by atoms with Gasteiger partial charge in [0.1, 0.15) is 5.75 Å². The largest absolute Gasteiger partial charge is 0.494 e. The average molecular weight is 433 g/mol. The van der Waals surface area contributed by atoms with Gasteiger partial charge in [0.25, 0.3) is 0 Å².